The Bertz CT molecular complexity index is 1250. The SMILES string of the molecule is COc1nc(C#N)cc2c1C1(O)CCC(c3ccccc3)C1(c1ccc(C(F)(F)F)cc1)O2. The normalized spacial score (nSPS) is 25.6. The molecule has 3 unspecified atom stereocenters. The molecule has 0 bridgehead atoms. The maximum absolute atomic E-state index is 13.2. The van der Waals surface area contributed by atoms with Crippen molar-refractivity contribution < 1.29 is 27.8 Å². The smallest absolute Gasteiger partial charge is 0.416 e. The summed E-state index contributed by atoms with van der Waals surface area (Å²) in [5.41, 5.74) is -2.20. The van der Waals surface area contributed by atoms with Gasteiger partial charge in [0.2, 0.25) is 5.88 Å². The molecule has 2 aliphatic rings. The summed E-state index contributed by atoms with van der Waals surface area (Å²) >= 11 is 0. The number of pyridine rings is 1. The highest BCUT2D eigenvalue weighted by Gasteiger charge is 2.69. The molecular weight excluding hydrogens is 433 g/mol. The van der Waals surface area contributed by atoms with Crippen LogP contribution in [0.4, 0.5) is 13.2 Å². The van der Waals surface area contributed by atoms with Gasteiger partial charge in [-0.3, -0.25) is 0 Å². The zero-order valence-electron chi connectivity index (χ0n) is 17.6. The molecular formula is C25H19F3N2O3. The van der Waals surface area contributed by atoms with Crippen LogP contribution in [-0.2, 0) is 17.4 Å². The van der Waals surface area contributed by atoms with E-state index >= 15 is 0 Å². The van der Waals surface area contributed by atoms with Crippen molar-refractivity contribution in [3.05, 3.63) is 88.6 Å². The molecule has 1 aromatic heterocycles. The lowest BCUT2D eigenvalue weighted by atomic mass is 9.71. The monoisotopic (exact) mass is 452 g/mol. The minimum absolute atomic E-state index is 0.0491. The van der Waals surface area contributed by atoms with Crippen LogP contribution in [0.3, 0.4) is 0 Å². The maximum atomic E-state index is 13.2. The van der Waals surface area contributed by atoms with Crippen molar-refractivity contribution in [3.8, 4) is 17.7 Å². The lowest BCUT2D eigenvalue weighted by molar-refractivity contribution is -0.137. The number of rotatable bonds is 3. The van der Waals surface area contributed by atoms with Crippen LogP contribution >= 0.6 is 0 Å². The third kappa shape index (κ3) is 2.92. The average molecular weight is 452 g/mol. The van der Waals surface area contributed by atoms with Gasteiger partial charge in [0.25, 0.3) is 0 Å². The lowest BCUT2D eigenvalue weighted by Crippen LogP contribution is -2.48. The van der Waals surface area contributed by atoms with Gasteiger partial charge in [-0.15, -0.1) is 0 Å². The van der Waals surface area contributed by atoms with Gasteiger partial charge in [0, 0.05) is 12.0 Å². The zero-order chi connectivity index (χ0) is 23.4. The summed E-state index contributed by atoms with van der Waals surface area (Å²) in [7, 11) is 1.38. The van der Waals surface area contributed by atoms with E-state index in [9.17, 15) is 23.5 Å². The van der Waals surface area contributed by atoms with Crippen molar-refractivity contribution >= 4 is 0 Å². The van der Waals surface area contributed by atoms with Crippen molar-refractivity contribution in [2.45, 2.75) is 36.1 Å². The lowest BCUT2D eigenvalue weighted by Gasteiger charge is -2.40. The molecule has 3 aromatic rings. The summed E-state index contributed by atoms with van der Waals surface area (Å²) in [6.45, 7) is 0. The highest BCUT2D eigenvalue weighted by atomic mass is 19.4. The Labute approximate surface area is 188 Å². The van der Waals surface area contributed by atoms with E-state index < -0.39 is 22.9 Å². The third-order valence-electron chi connectivity index (χ3n) is 6.69. The molecule has 2 aromatic carbocycles. The van der Waals surface area contributed by atoms with Crippen LogP contribution in [0.25, 0.3) is 0 Å². The first-order valence-electron chi connectivity index (χ1n) is 10.4. The molecule has 1 aliphatic heterocycles. The van der Waals surface area contributed by atoms with Gasteiger partial charge < -0.3 is 14.6 Å². The number of nitriles is 1. The minimum atomic E-state index is -4.49. The first-order chi connectivity index (χ1) is 15.7. The highest BCUT2D eigenvalue weighted by molar-refractivity contribution is 5.58. The minimum Gasteiger partial charge on any atom is -0.481 e. The second-order valence-electron chi connectivity index (χ2n) is 8.28. The Morgan fingerprint density at radius 3 is 2.45 bits per heavy atom. The number of aliphatic hydroxyl groups is 1. The Hall–Kier alpha value is -3.57. The first kappa shape index (κ1) is 21.3. The summed E-state index contributed by atoms with van der Waals surface area (Å²) in [5, 5.41) is 21.6. The Morgan fingerprint density at radius 2 is 1.85 bits per heavy atom. The number of fused-ring (bicyclic) bond motifs is 3. The van der Waals surface area contributed by atoms with Crippen LogP contribution < -0.4 is 9.47 Å². The molecule has 1 aliphatic carbocycles. The molecule has 5 nitrogen and oxygen atoms in total. The number of benzene rings is 2. The van der Waals surface area contributed by atoms with Crippen LogP contribution in [-0.4, -0.2) is 17.2 Å². The van der Waals surface area contributed by atoms with Gasteiger partial charge in [-0.25, -0.2) is 4.98 Å². The van der Waals surface area contributed by atoms with E-state index in [-0.39, 0.29) is 29.7 Å². The number of methoxy groups -OCH3 is 1. The van der Waals surface area contributed by atoms with Gasteiger partial charge in [-0.05, 0) is 36.1 Å². The van der Waals surface area contributed by atoms with Crippen LogP contribution in [0, 0.1) is 11.3 Å². The van der Waals surface area contributed by atoms with Crippen molar-refractivity contribution in [2.24, 2.45) is 0 Å². The molecule has 33 heavy (non-hydrogen) atoms. The van der Waals surface area contributed by atoms with Crippen LogP contribution in [0.1, 0.15) is 46.7 Å². The van der Waals surface area contributed by atoms with Crippen LogP contribution in [0.5, 0.6) is 11.6 Å². The Kier molecular flexibility index (Phi) is 4.66. The Balaban J connectivity index is 1.76. The number of alkyl halides is 3. The first-order valence-corrected chi connectivity index (χ1v) is 10.4. The van der Waals surface area contributed by atoms with Gasteiger partial charge in [0.15, 0.2) is 5.60 Å². The molecule has 0 radical (unpaired) electrons. The molecule has 1 N–H and O–H groups in total. The molecule has 1 fully saturated rings. The predicted octanol–water partition coefficient (Wildman–Crippen LogP) is 5.03. The van der Waals surface area contributed by atoms with E-state index in [1.165, 1.54) is 25.3 Å². The number of hydrogen-bond acceptors (Lipinski definition) is 5. The number of nitrogens with zero attached hydrogens (tertiary/aromatic N) is 2. The number of ether oxygens (including phenoxy) is 2. The summed E-state index contributed by atoms with van der Waals surface area (Å²) < 4.78 is 51.6. The molecule has 3 atom stereocenters. The standard InChI is InChI=1S/C25H19F3N2O3/c1-32-22-21-20(13-18(14-29)30-22)33-24(16-7-9-17(10-8-16)25(26,27)28)19(11-12-23(21,24)31)15-5-3-2-4-6-15/h2-10,13,19,31H,11-12H2,1H3. The van der Waals surface area contributed by atoms with E-state index in [1.54, 1.807) is 0 Å². The third-order valence-corrected chi connectivity index (χ3v) is 6.69. The fourth-order valence-electron chi connectivity index (χ4n) is 5.33. The molecule has 2 heterocycles. The maximum Gasteiger partial charge on any atom is 0.416 e. The molecule has 5 rings (SSSR count). The van der Waals surface area contributed by atoms with Gasteiger partial charge in [0.05, 0.1) is 18.2 Å². The molecule has 0 amide bonds. The van der Waals surface area contributed by atoms with Gasteiger partial charge in [-0.2, -0.15) is 18.4 Å². The fraction of sp³-hybridized carbons (Fsp3) is 0.280. The van der Waals surface area contributed by atoms with Gasteiger partial charge >= 0.3 is 6.18 Å². The summed E-state index contributed by atoms with van der Waals surface area (Å²) in [6.07, 6.45) is -3.70. The average Bonchev–Trinajstić information content (AvgIpc) is 3.25. The van der Waals surface area contributed by atoms with Crippen LogP contribution in [0.2, 0.25) is 0 Å². The summed E-state index contributed by atoms with van der Waals surface area (Å²) in [4.78, 5) is 4.18. The topological polar surface area (TPSA) is 75.4 Å². The molecule has 1 saturated carbocycles. The van der Waals surface area contributed by atoms with E-state index in [1.807, 2.05) is 36.4 Å². The highest BCUT2D eigenvalue weighted by Crippen LogP contribution is 2.68. The van der Waals surface area contributed by atoms with Crippen LogP contribution in [0.15, 0.2) is 60.7 Å². The quantitative estimate of drug-likeness (QED) is 0.603. The van der Waals surface area contributed by atoms with Crippen molar-refractivity contribution in [1.82, 2.24) is 4.98 Å². The second kappa shape index (κ2) is 7.22. The summed E-state index contributed by atoms with van der Waals surface area (Å²) in [6, 6.07) is 17.5. The van der Waals surface area contributed by atoms with E-state index in [0.717, 1.165) is 17.7 Å². The summed E-state index contributed by atoms with van der Waals surface area (Å²) in [5.74, 6) is -0.0708. The largest absolute Gasteiger partial charge is 0.481 e. The zero-order valence-corrected chi connectivity index (χ0v) is 17.6. The number of hydrogen-bond donors (Lipinski definition) is 1. The fourth-order valence-corrected chi connectivity index (χ4v) is 5.33. The molecule has 168 valence electrons. The number of aromatic nitrogens is 1. The molecule has 8 heteroatoms. The van der Waals surface area contributed by atoms with Gasteiger partial charge in [0.1, 0.15) is 23.1 Å². The molecule has 0 spiro atoms. The van der Waals surface area contributed by atoms with Crippen molar-refractivity contribution in [1.29, 1.82) is 5.26 Å². The molecule has 0 saturated heterocycles. The van der Waals surface area contributed by atoms with Gasteiger partial charge in [-0.1, -0.05) is 42.5 Å². The van der Waals surface area contributed by atoms with E-state index in [4.69, 9.17) is 9.47 Å². The predicted molar refractivity (Wildman–Crippen MR) is 112 cm³/mol. The van der Waals surface area contributed by atoms with Crippen molar-refractivity contribution in [3.63, 3.8) is 0 Å². The van der Waals surface area contributed by atoms with E-state index in [0.29, 0.717) is 17.5 Å². The van der Waals surface area contributed by atoms with Crippen molar-refractivity contribution in [2.75, 3.05) is 7.11 Å². The number of halogens is 3. The second-order valence-corrected chi connectivity index (χ2v) is 8.28. The Morgan fingerprint density at radius 1 is 1.15 bits per heavy atom. The van der Waals surface area contributed by atoms with E-state index in [2.05, 4.69) is 4.98 Å².